The van der Waals surface area contributed by atoms with Crippen LogP contribution in [0.5, 0.6) is 23.0 Å². The summed E-state index contributed by atoms with van der Waals surface area (Å²) in [4.78, 5) is 13.5. The average molecular weight is 699 g/mol. The van der Waals surface area contributed by atoms with Gasteiger partial charge >= 0.3 is 21.1 Å². The predicted octanol–water partition coefficient (Wildman–Crippen LogP) is 7.42. The van der Waals surface area contributed by atoms with Gasteiger partial charge in [0, 0.05) is 41.2 Å². The second kappa shape index (κ2) is 10.9. The third-order valence-electron chi connectivity index (χ3n) is 6.82. The fraction of sp³-hybridized carbons (Fsp3) is 0.0294. The Kier molecular flexibility index (Phi) is 6.98. The molecular weight excluding hydrogens is 677 g/mol. The van der Waals surface area contributed by atoms with Gasteiger partial charge in [-0.3, -0.25) is 15.0 Å². The zero-order valence-electron chi connectivity index (χ0n) is 21.1. The van der Waals surface area contributed by atoms with Gasteiger partial charge in [0.1, 0.15) is 11.5 Å². The van der Waals surface area contributed by atoms with Crippen LogP contribution < -0.4 is 9.47 Å². The van der Waals surface area contributed by atoms with Crippen molar-refractivity contribution in [3.8, 4) is 34.4 Å². The summed E-state index contributed by atoms with van der Waals surface area (Å²) in [6.45, 7) is 0. The van der Waals surface area contributed by atoms with E-state index in [0.717, 1.165) is 39.4 Å². The minimum absolute atomic E-state index is 0. The molecule has 5 nitrogen and oxygen atoms in total. The van der Waals surface area contributed by atoms with Crippen LogP contribution in [0.15, 0.2) is 128 Å². The summed E-state index contributed by atoms with van der Waals surface area (Å²) >= 11 is 0. The molecule has 0 radical (unpaired) electrons. The number of fused-ring (bicyclic) bond motifs is 2. The van der Waals surface area contributed by atoms with Crippen molar-refractivity contribution < 1.29 is 30.5 Å². The van der Waals surface area contributed by atoms with Gasteiger partial charge in [0.05, 0.1) is 16.9 Å². The van der Waals surface area contributed by atoms with Crippen molar-refractivity contribution in [1.82, 2.24) is 15.0 Å². The minimum atomic E-state index is -0.768. The molecular formula is C34H21N3O2Pt. The van der Waals surface area contributed by atoms with Crippen LogP contribution in [0.4, 0.5) is 0 Å². The number of para-hydroxylation sites is 2. The summed E-state index contributed by atoms with van der Waals surface area (Å²) in [5, 5.41) is 0. The smallest absolute Gasteiger partial charge is 0.503 e. The molecule has 0 aliphatic carbocycles. The molecule has 0 N–H and O–H groups in total. The molecule has 4 aromatic carbocycles. The molecule has 40 heavy (non-hydrogen) atoms. The maximum atomic E-state index is 6.37. The minimum Gasteiger partial charge on any atom is -0.503 e. The first kappa shape index (κ1) is 25.7. The van der Waals surface area contributed by atoms with Crippen molar-refractivity contribution >= 4 is 0 Å². The van der Waals surface area contributed by atoms with Crippen LogP contribution in [-0.2, 0) is 26.5 Å². The van der Waals surface area contributed by atoms with Crippen molar-refractivity contribution in [3.63, 3.8) is 0 Å². The Morgan fingerprint density at radius 2 is 1.20 bits per heavy atom. The van der Waals surface area contributed by atoms with Crippen molar-refractivity contribution in [2.75, 3.05) is 0 Å². The number of hydrogen-bond acceptors (Lipinski definition) is 5. The molecule has 6 aromatic rings. The van der Waals surface area contributed by atoms with Crippen LogP contribution in [0.3, 0.4) is 0 Å². The zero-order valence-corrected chi connectivity index (χ0v) is 23.4. The van der Waals surface area contributed by atoms with E-state index < -0.39 is 5.41 Å². The Balaban J connectivity index is 0.00000289. The Bertz CT molecular complexity index is 1730. The summed E-state index contributed by atoms with van der Waals surface area (Å²) in [5.41, 5.74) is 3.73. The predicted molar refractivity (Wildman–Crippen MR) is 148 cm³/mol. The summed E-state index contributed by atoms with van der Waals surface area (Å²) in [5.74, 6) is 3.26. The fourth-order valence-corrected chi connectivity index (χ4v) is 5.20. The van der Waals surface area contributed by atoms with Crippen molar-refractivity contribution in [2.45, 2.75) is 5.41 Å². The van der Waals surface area contributed by atoms with Gasteiger partial charge in [0.2, 0.25) is 0 Å². The normalized spacial score (nSPS) is 12.7. The molecule has 3 heterocycles. The number of benzene rings is 4. The average Bonchev–Trinajstić information content (AvgIpc) is 3.01. The van der Waals surface area contributed by atoms with E-state index in [2.05, 4.69) is 46.4 Å². The molecule has 0 saturated heterocycles. The molecule has 194 valence electrons. The molecule has 0 spiro atoms. The number of pyridine rings is 1. The van der Waals surface area contributed by atoms with E-state index in [-0.39, 0.29) is 21.1 Å². The van der Waals surface area contributed by atoms with Gasteiger partial charge in [-0.25, -0.2) is 0 Å². The van der Waals surface area contributed by atoms with Crippen LogP contribution >= 0.6 is 0 Å². The molecule has 0 saturated carbocycles. The number of rotatable bonds is 5. The molecule has 0 atom stereocenters. The largest absolute Gasteiger partial charge is 2.00 e. The first-order valence-corrected chi connectivity index (χ1v) is 12.6. The number of nitrogens with zero attached hydrogens (tertiary/aromatic N) is 3. The van der Waals surface area contributed by atoms with Crippen LogP contribution in [0.25, 0.3) is 11.4 Å². The maximum Gasteiger partial charge on any atom is 2.00 e. The number of ether oxygens (including phenoxy) is 2. The van der Waals surface area contributed by atoms with E-state index in [1.165, 1.54) is 0 Å². The first-order valence-electron chi connectivity index (χ1n) is 12.6. The van der Waals surface area contributed by atoms with E-state index in [1.54, 1.807) is 18.5 Å². The molecule has 2 aromatic heterocycles. The van der Waals surface area contributed by atoms with Gasteiger partial charge in [0.25, 0.3) is 0 Å². The van der Waals surface area contributed by atoms with Gasteiger partial charge in [0.15, 0.2) is 0 Å². The van der Waals surface area contributed by atoms with Crippen molar-refractivity contribution in [3.05, 3.63) is 162 Å². The van der Waals surface area contributed by atoms with Gasteiger partial charge < -0.3 is 9.47 Å². The Morgan fingerprint density at radius 1 is 0.575 bits per heavy atom. The summed E-state index contributed by atoms with van der Waals surface area (Å²) < 4.78 is 12.7. The molecule has 0 fully saturated rings. The second-order valence-electron chi connectivity index (χ2n) is 9.09. The molecule has 0 bridgehead atoms. The van der Waals surface area contributed by atoms with E-state index in [1.807, 2.05) is 85.1 Å². The van der Waals surface area contributed by atoms with Crippen LogP contribution in [0, 0.1) is 12.1 Å². The van der Waals surface area contributed by atoms with Crippen LogP contribution in [0.2, 0.25) is 0 Å². The van der Waals surface area contributed by atoms with Gasteiger partial charge in [-0.2, -0.15) is 12.1 Å². The van der Waals surface area contributed by atoms with Crippen LogP contribution in [-0.4, -0.2) is 15.0 Å². The fourth-order valence-electron chi connectivity index (χ4n) is 5.20. The van der Waals surface area contributed by atoms with Gasteiger partial charge in [-0.1, -0.05) is 48.5 Å². The zero-order chi connectivity index (χ0) is 26.1. The Morgan fingerprint density at radius 3 is 1.90 bits per heavy atom. The molecule has 6 heteroatoms. The Labute approximate surface area is 246 Å². The van der Waals surface area contributed by atoms with E-state index in [0.29, 0.717) is 17.3 Å². The SMILES string of the molecule is [Pt+2].[c-]1c(Oc2[c-]c(C3(c4ccccn4)c4ccccc4Oc4ccccc43)ccc2)cccc1-c1ncccn1. The molecule has 0 unspecified atom stereocenters. The Hall–Kier alpha value is -4.60. The number of aromatic nitrogens is 3. The second-order valence-corrected chi connectivity index (χ2v) is 9.09. The molecule has 1 aliphatic rings. The van der Waals surface area contributed by atoms with E-state index in [4.69, 9.17) is 14.5 Å². The topological polar surface area (TPSA) is 57.1 Å². The van der Waals surface area contributed by atoms with Crippen molar-refractivity contribution in [2.24, 2.45) is 0 Å². The van der Waals surface area contributed by atoms with Crippen LogP contribution in [0.1, 0.15) is 22.4 Å². The first-order chi connectivity index (χ1) is 19.3. The summed E-state index contributed by atoms with van der Waals surface area (Å²) in [6.07, 6.45) is 5.24. The monoisotopic (exact) mass is 698 g/mol. The van der Waals surface area contributed by atoms with E-state index in [9.17, 15) is 0 Å². The van der Waals surface area contributed by atoms with Crippen molar-refractivity contribution in [1.29, 1.82) is 0 Å². The summed E-state index contributed by atoms with van der Waals surface area (Å²) in [6, 6.07) is 42.5. The molecule has 7 rings (SSSR count). The van der Waals surface area contributed by atoms with Gasteiger partial charge in [-0.05, 0) is 30.3 Å². The quantitative estimate of drug-likeness (QED) is 0.175. The molecule has 0 amide bonds. The summed E-state index contributed by atoms with van der Waals surface area (Å²) in [7, 11) is 0. The number of hydrogen-bond donors (Lipinski definition) is 0. The maximum absolute atomic E-state index is 6.37. The third-order valence-corrected chi connectivity index (χ3v) is 6.82. The molecule has 1 aliphatic heterocycles. The van der Waals surface area contributed by atoms with E-state index >= 15 is 0 Å². The standard InChI is InChI=1S/C34H21N3O2.Pt/c1-3-16-30-28(14-1)34(32-18-5-6-19-35-32,29-15-2-4-17-31(29)39-30)25-11-8-13-27(23-25)38-26-12-7-10-24(22-26)33-36-20-9-21-37-33;/h1-21H;/q-2;+2. The van der Waals surface area contributed by atoms with Gasteiger partial charge in [-0.15, -0.1) is 41.5 Å². The third kappa shape index (κ3) is 4.39.